The van der Waals surface area contributed by atoms with Crippen LogP contribution in [0.15, 0.2) is 30.3 Å². The first-order chi connectivity index (χ1) is 12.8. The highest BCUT2D eigenvalue weighted by molar-refractivity contribution is 6.32. The molecule has 0 aliphatic carbocycles. The van der Waals surface area contributed by atoms with E-state index < -0.39 is 6.09 Å². The Morgan fingerprint density at radius 1 is 1.22 bits per heavy atom. The van der Waals surface area contributed by atoms with Gasteiger partial charge < -0.3 is 15.2 Å². The quantitative estimate of drug-likeness (QED) is 0.791. The van der Waals surface area contributed by atoms with Crippen molar-refractivity contribution in [2.45, 2.75) is 12.5 Å². The lowest BCUT2D eigenvalue weighted by Crippen LogP contribution is -2.33. The van der Waals surface area contributed by atoms with E-state index in [-0.39, 0.29) is 24.5 Å². The maximum absolute atomic E-state index is 12.2. The zero-order valence-electron chi connectivity index (χ0n) is 14.3. The predicted molar refractivity (Wildman–Crippen MR) is 97.5 cm³/mol. The summed E-state index contributed by atoms with van der Waals surface area (Å²) in [6, 6.07) is 8.76. The van der Waals surface area contributed by atoms with Crippen molar-refractivity contribution in [3.8, 4) is 16.9 Å². The van der Waals surface area contributed by atoms with Crippen molar-refractivity contribution in [2.75, 3.05) is 13.6 Å². The minimum atomic E-state index is -1.11. The number of carbonyl (C=O) groups is 3. The first-order valence-electron chi connectivity index (χ1n) is 8.28. The molecule has 1 unspecified atom stereocenters. The number of hydrogen-bond acceptors (Lipinski definition) is 4. The fraction of sp³-hybridized carbons (Fsp3) is 0.211. The summed E-state index contributed by atoms with van der Waals surface area (Å²) in [5, 5.41) is 11.4. The average Bonchev–Trinajstić information content (AvgIpc) is 3.15. The van der Waals surface area contributed by atoms with E-state index in [1.54, 1.807) is 24.3 Å². The number of amides is 3. The largest absolute Gasteiger partial charge is 0.486 e. The first kappa shape index (κ1) is 17.4. The summed E-state index contributed by atoms with van der Waals surface area (Å²) in [6.45, 7) is 0.164. The van der Waals surface area contributed by atoms with Crippen LogP contribution in [0.2, 0.25) is 5.02 Å². The number of nitrogens with one attached hydrogen (secondary N) is 1. The summed E-state index contributed by atoms with van der Waals surface area (Å²) in [5.41, 5.74) is 3.20. The Bertz CT molecular complexity index is 1000. The van der Waals surface area contributed by atoms with Crippen LogP contribution in [0, 0.1) is 0 Å². The number of benzene rings is 2. The molecule has 1 atom stereocenters. The highest BCUT2D eigenvalue weighted by atomic mass is 35.5. The highest BCUT2D eigenvalue weighted by Crippen LogP contribution is 2.40. The van der Waals surface area contributed by atoms with Crippen LogP contribution in [0.1, 0.15) is 26.3 Å². The molecule has 0 saturated carbocycles. The molecule has 0 radical (unpaired) electrons. The Balaban J connectivity index is 1.65. The Hall–Kier alpha value is -3.06. The summed E-state index contributed by atoms with van der Waals surface area (Å²) in [7, 11) is 1.46. The van der Waals surface area contributed by atoms with Crippen molar-refractivity contribution in [1.82, 2.24) is 10.2 Å². The van der Waals surface area contributed by atoms with Gasteiger partial charge in [0.1, 0.15) is 11.9 Å². The summed E-state index contributed by atoms with van der Waals surface area (Å²) < 4.78 is 5.73. The van der Waals surface area contributed by atoms with Crippen LogP contribution in [0.4, 0.5) is 4.79 Å². The lowest BCUT2D eigenvalue weighted by molar-refractivity contribution is 0.0693. The molecule has 2 aromatic carbocycles. The molecular formula is C19H15ClN2O5. The maximum atomic E-state index is 12.2. The van der Waals surface area contributed by atoms with Crippen LogP contribution in [-0.4, -0.2) is 47.6 Å². The van der Waals surface area contributed by atoms with Crippen LogP contribution in [0.25, 0.3) is 11.1 Å². The van der Waals surface area contributed by atoms with E-state index in [1.807, 2.05) is 6.07 Å². The molecule has 27 heavy (non-hydrogen) atoms. The molecule has 0 spiro atoms. The molecule has 2 aromatic rings. The number of halogens is 1. The Morgan fingerprint density at radius 3 is 2.70 bits per heavy atom. The second kappa shape index (κ2) is 6.28. The lowest BCUT2D eigenvalue weighted by atomic mass is 9.97. The maximum Gasteiger partial charge on any atom is 0.404 e. The van der Waals surface area contributed by atoms with Gasteiger partial charge in [0.05, 0.1) is 22.7 Å². The van der Waals surface area contributed by atoms with Crippen molar-refractivity contribution in [3.05, 3.63) is 52.0 Å². The van der Waals surface area contributed by atoms with Gasteiger partial charge in [-0.3, -0.25) is 14.5 Å². The fourth-order valence-electron chi connectivity index (χ4n) is 3.41. The molecule has 2 aliphatic heterocycles. The molecule has 2 aliphatic rings. The standard InChI is InChI=1S/C19H15ClN2O5/c1-22-17(23)13-3-2-9(6-14(13)18(22)24)10-4-11-5-12(8-21-19(25)26)27-16(11)15(20)7-10/h2-4,6-7,12,21H,5,8H2,1H3,(H,25,26). The summed E-state index contributed by atoms with van der Waals surface area (Å²) in [6.07, 6.45) is -0.908. The van der Waals surface area contributed by atoms with E-state index >= 15 is 0 Å². The van der Waals surface area contributed by atoms with Crippen LogP contribution in [0.5, 0.6) is 5.75 Å². The van der Waals surface area contributed by atoms with Gasteiger partial charge in [-0.25, -0.2) is 4.79 Å². The third-order valence-corrected chi connectivity index (χ3v) is 5.04. The minimum absolute atomic E-state index is 0.164. The molecule has 0 aromatic heterocycles. The Kier molecular flexibility index (Phi) is 4.04. The molecule has 3 amide bonds. The summed E-state index contributed by atoms with van der Waals surface area (Å²) >= 11 is 6.35. The molecule has 8 heteroatoms. The van der Waals surface area contributed by atoms with E-state index in [9.17, 15) is 14.4 Å². The second-order valence-electron chi connectivity index (χ2n) is 6.51. The summed E-state index contributed by atoms with van der Waals surface area (Å²) in [4.78, 5) is 36.0. The number of rotatable bonds is 3. The Labute approximate surface area is 159 Å². The number of imide groups is 1. The van der Waals surface area contributed by atoms with Crippen molar-refractivity contribution < 1.29 is 24.2 Å². The van der Waals surface area contributed by atoms with Gasteiger partial charge in [-0.2, -0.15) is 0 Å². The molecule has 7 nitrogen and oxygen atoms in total. The fourth-order valence-corrected chi connectivity index (χ4v) is 3.69. The molecule has 138 valence electrons. The van der Waals surface area contributed by atoms with Gasteiger partial charge in [-0.1, -0.05) is 17.7 Å². The van der Waals surface area contributed by atoms with Crippen LogP contribution < -0.4 is 10.1 Å². The Morgan fingerprint density at radius 2 is 1.96 bits per heavy atom. The summed E-state index contributed by atoms with van der Waals surface area (Å²) in [5.74, 6) is -0.0901. The molecular weight excluding hydrogens is 372 g/mol. The monoisotopic (exact) mass is 386 g/mol. The number of nitrogens with zero attached hydrogens (tertiary/aromatic N) is 1. The van der Waals surface area contributed by atoms with Crippen molar-refractivity contribution in [1.29, 1.82) is 0 Å². The number of carboxylic acid groups (broad SMARTS) is 1. The topological polar surface area (TPSA) is 95.9 Å². The first-order valence-corrected chi connectivity index (χ1v) is 8.65. The van der Waals surface area contributed by atoms with E-state index in [4.69, 9.17) is 21.4 Å². The molecule has 0 saturated heterocycles. The average molecular weight is 387 g/mol. The van der Waals surface area contributed by atoms with Crippen LogP contribution in [0.3, 0.4) is 0 Å². The SMILES string of the molecule is CN1C(=O)c2ccc(-c3cc(Cl)c4c(c3)CC(CNC(=O)O)O4)cc2C1=O. The third kappa shape index (κ3) is 2.90. The number of carbonyl (C=O) groups excluding carboxylic acids is 2. The lowest BCUT2D eigenvalue weighted by Gasteiger charge is -2.10. The van der Waals surface area contributed by atoms with E-state index in [2.05, 4.69) is 5.32 Å². The number of fused-ring (bicyclic) bond motifs is 2. The van der Waals surface area contributed by atoms with Gasteiger partial charge in [-0.15, -0.1) is 0 Å². The van der Waals surface area contributed by atoms with Gasteiger partial charge in [0.25, 0.3) is 11.8 Å². The number of hydrogen-bond donors (Lipinski definition) is 2. The smallest absolute Gasteiger partial charge is 0.404 e. The van der Waals surface area contributed by atoms with Gasteiger partial charge in [-0.05, 0) is 35.4 Å². The van der Waals surface area contributed by atoms with E-state index in [0.29, 0.717) is 28.3 Å². The molecule has 0 fully saturated rings. The molecule has 4 rings (SSSR count). The van der Waals surface area contributed by atoms with E-state index in [1.165, 1.54) is 7.05 Å². The van der Waals surface area contributed by atoms with Gasteiger partial charge in [0, 0.05) is 19.0 Å². The minimum Gasteiger partial charge on any atom is -0.486 e. The predicted octanol–water partition coefficient (Wildman–Crippen LogP) is 2.80. The zero-order valence-corrected chi connectivity index (χ0v) is 15.0. The van der Waals surface area contributed by atoms with Crippen LogP contribution in [-0.2, 0) is 6.42 Å². The normalized spacial score (nSPS) is 17.6. The molecule has 0 bridgehead atoms. The zero-order chi connectivity index (χ0) is 19.3. The second-order valence-corrected chi connectivity index (χ2v) is 6.91. The van der Waals surface area contributed by atoms with Crippen LogP contribution >= 0.6 is 11.6 Å². The molecule has 2 N–H and O–H groups in total. The highest BCUT2D eigenvalue weighted by Gasteiger charge is 2.33. The van der Waals surface area contributed by atoms with Gasteiger partial charge >= 0.3 is 6.09 Å². The van der Waals surface area contributed by atoms with Crippen molar-refractivity contribution in [3.63, 3.8) is 0 Å². The molecule has 2 heterocycles. The van der Waals surface area contributed by atoms with Crippen molar-refractivity contribution >= 4 is 29.5 Å². The third-order valence-electron chi connectivity index (χ3n) is 4.76. The van der Waals surface area contributed by atoms with Gasteiger partial charge in [0.2, 0.25) is 0 Å². The van der Waals surface area contributed by atoms with E-state index in [0.717, 1.165) is 21.6 Å². The number of ether oxygens (including phenoxy) is 1. The van der Waals surface area contributed by atoms with Crippen molar-refractivity contribution in [2.24, 2.45) is 0 Å². The van der Waals surface area contributed by atoms with Gasteiger partial charge in [0.15, 0.2) is 0 Å².